The quantitative estimate of drug-likeness (QED) is 0.424. The van der Waals surface area contributed by atoms with Crippen molar-refractivity contribution in [2.75, 3.05) is 27.2 Å². The number of carboxylic acid groups (broad SMARTS) is 1. The largest absolute Gasteiger partial charge is 0.477 e. The lowest BCUT2D eigenvalue weighted by atomic mass is 10.0. The number of nitro benzene ring substituents is 1. The molecule has 0 aliphatic carbocycles. The Labute approximate surface area is 117 Å². The molecule has 0 saturated heterocycles. The standard InChI is InChI=1S/C13H19N3O4/c1-14-7-4-8-15(2)9-10-5-3-6-11(16(19)20)12(10)13(17)18/h3,5-6,14H,4,7-9H2,1-2H3,(H,17,18). The number of aromatic carboxylic acids is 1. The number of nitrogens with one attached hydrogen (secondary N) is 1. The van der Waals surface area contributed by atoms with Crippen LogP contribution in [-0.4, -0.2) is 48.1 Å². The van der Waals surface area contributed by atoms with Crippen molar-refractivity contribution in [2.24, 2.45) is 0 Å². The minimum atomic E-state index is -1.27. The topological polar surface area (TPSA) is 95.7 Å². The van der Waals surface area contributed by atoms with E-state index in [1.165, 1.54) is 12.1 Å². The van der Waals surface area contributed by atoms with E-state index >= 15 is 0 Å². The van der Waals surface area contributed by atoms with Crippen LogP contribution in [0.15, 0.2) is 18.2 Å². The molecule has 0 aliphatic heterocycles. The molecule has 0 fully saturated rings. The van der Waals surface area contributed by atoms with Crippen LogP contribution in [0.1, 0.15) is 22.3 Å². The van der Waals surface area contributed by atoms with Crippen molar-refractivity contribution in [1.29, 1.82) is 0 Å². The van der Waals surface area contributed by atoms with Gasteiger partial charge in [0.05, 0.1) is 4.92 Å². The SMILES string of the molecule is CNCCCN(C)Cc1cccc([N+](=O)[O-])c1C(=O)O. The van der Waals surface area contributed by atoms with Gasteiger partial charge in [-0.1, -0.05) is 12.1 Å². The van der Waals surface area contributed by atoms with Crippen molar-refractivity contribution < 1.29 is 14.8 Å². The Balaban J connectivity index is 2.92. The first-order chi connectivity index (χ1) is 9.47. The van der Waals surface area contributed by atoms with Gasteiger partial charge in [0.1, 0.15) is 5.56 Å². The van der Waals surface area contributed by atoms with Crippen molar-refractivity contribution in [3.8, 4) is 0 Å². The first-order valence-corrected chi connectivity index (χ1v) is 6.30. The number of benzene rings is 1. The Morgan fingerprint density at radius 3 is 2.75 bits per heavy atom. The molecular weight excluding hydrogens is 262 g/mol. The Morgan fingerprint density at radius 1 is 1.50 bits per heavy atom. The molecule has 0 bridgehead atoms. The molecule has 1 rings (SSSR count). The lowest BCUT2D eigenvalue weighted by Gasteiger charge is -2.17. The molecule has 0 amide bonds. The molecule has 7 heteroatoms. The van der Waals surface area contributed by atoms with Crippen LogP contribution in [0.3, 0.4) is 0 Å². The highest BCUT2D eigenvalue weighted by molar-refractivity contribution is 5.94. The Kier molecular flexibility index (Phi) is 6.08. The van der Waals surface area contributed by atoms with Crippen LogP contribution >= 0.6 is 0 Å². The maximum atomic E-state index is 11.3. The maximum absolute atomic E-state index is 11.3. The van der Waals surface area contributed by atoms with Gasteiger partial charge in [-0.05, 0) is 39.2 Å². The molecule has 0 unspecified atom stereocenters. The summed E-state index contributed by atoms with van der Waals surface area (Å²) in [5.74, 6) is -1.27. The van der Waals surface area contributed by atoms with E-state index in [9.17, 15) is 20.0 Å². The number of carboxylic acids is 1. The van der Waals surface area contributed by atoms with Crippen LogP contribution in [0.2, 0.25) is 0 Å². The van der Waals surface area contributed by atoms with Gasteiger partial charge in [0.2, 0.25) is 0 Å². The maximum Gasteiger partial charge on any atom is 0.343 e. The smallest absolute Gasteiger partial charge is 0.343 e. The third-order valence-electron chi connectivity index (χ3n) is 2.95. The first-order valence-electron chi connectivity index (χ1n) is 6.30. The van der Waals surface area contributed by atoms with Gasteiger partial charge in [0.25, 0.3) is 5.69 Å². The average molecular weight is 281 g/mol. The van der Waals surface area contributed by atoms with E-state index in [0.29, 0.717) is 12.1 Å². The number of nitro groups is 1. The zero-order valence-electron chi connectivity index (χ0n) is 11.6. The monoisotopic (exact) mass is 281 g/mol. The summed E-state index contributed by atoms with van der Waals surface area (Å²) < 4.78 is 0. The average Bonchev–Trinajstić information content (AvgIpc) is 2.38. The number of rotatable bonds is 8. The molecule has 1 aromatic rings. The molecule has 0 atom stereocenters. The van der Waals surface area contributed by atoms with Crippen LogP contribution in [-0.2, 0) is 6.54 Å². The Hall–Kier alpha value is -1.99. The zero-order valence-corrected chi connectivity index (χ0v) is 11.6. The minimum absolute atomic E-state index is 0.224. The number of carbonyl (C=O) groups is 1. The lowest BCUT2D eigenvalue weighted by Crippen LogP contribution is -2.23. The van der Waals surface area contributed by atoms with Crippen molar-refractivity contribution in [1.82, 2.24) is 10.2 Å². The third-order valence-corrected chi connectivity index (χ3v) is 2.95. The van der Waals surface area contributed by atoms with E-state index in [-0.39, 0.29) is 11.3 Å². The molecule has 0 spiro atoms. The normalized spacial score (nSPS) is 10.8. The molecule has 0 aromatic heterocycles. The van der Waals surface area contributed by atoms with E-state index < -0.39 is 10.9 Å². The fourth-order valence-electron chi connectivity index (χ4n) is 2.01. The predicted octanol–water partition coefficient (Wildman–Crippen LogP) is 1.33. The van der Waals surface area contributed by atoms with Gasteiger partial charge in [0.15, 0.2) is 0 Å². The van der Waals surface area contributed by atoms with Crippen molar-refractivity contribution in [3.05, 3.63) is 39.4 Å². The van der Waals surface area contributed by atoms with Crippen LogP contribution < -0.4 is 5.32 Å². The van der Waals surface area contributed by atoms with Gasteiger partial charge in [-0.15, -0.1) is 0 Å². The van der Waals surface area contributed by atoms with Gasteiger partial charge in [-0.25, -0.2) is 4.79 Å². The van der Waals surface area contributed by atoms with Crippen molar-refractivity contribution in [3.63, 3.8) is 0 Å². The molecule has 2 N–H and O–H groups in total. The summed E-state index contributed by atoms with van der Waals surface area (Å²) in [7, 11) is 3.73. The van der Waals surface area contributed by atoms with Crippen LogP contribution in [0.25, 0.3) is 0 Å². The van der Waals surface area contributed by atoms with E-state index in [1.807, 2.05) is 19.0 Å². The molecule has 110 valence electrons. The summed E-state index contributed by atoms with van der Waals surface area (Å²) in [5.41, 5.74) is -0.129. The Morgan fingerprint density at radius 2 is 2.20 bits per heavy atom. The number of hydrogen-bond donors (Lipinski definition) is 2. The van der Waals surface area contributed by atoms with Crippen molar-refractivity contribution in [2.45, 2.75) is 13.0 Å². The highest BCUT2D eigenvalue weighted by atomic mass is 16.6. The summed E-state index contributed by atoms with van der Waals surface area (Å²) in [6, 6.07) is 4.35. The van der Waals surface area contributed by atoms with Gasteiger partial charge in [-0.2, -0.15) is 0 Å². The fraction of sp³-hybridized carbons (Fsp3) is 0.462. The molecule has 20 heavy (non-hydrogen) atoms. The van der Waals surface area contributed by atoms with E-state index in [2.05, 4.69) is 5.32 Å². The summed E-state index contributed by atoms with van der Waals surface area (Å²) in [6.45, 7) is 2.01. The van der Waals surface area contributed by atoms with Gasteiger partial charge >= 0.3 is 5.97 Å². The summed E-state index contributed by atoms with van der Waals surface area (Å²) in [4.78, 5) is 23.4. The first kappa shape index (κ1) is 16.1. The van der Waals surface area contributed by atoms with Crippen LogP contribution in [0, 0.1) is 10.1 Å². The second-order valence-electron chi connectivity index (χ2n) is 4.57. The van der Waals surface area contributed by atoms with Gasteiger partial charge < -0.3 is 15.3 Å². The second kappa shape index (κ2) is 7.56. The zero-order chi connectivity index (χ0) is 15.1. The Bertz CT molecular complexity index is 491. The summed E-state index contributed by atoms with van der Waals surface area (Å²) >= 11 is 0. The highest BCUT2D eigenvalue weighted by Crippen LogP contribution is 2.23. The fourth-order valence-corrected chi connectivity index (χ4v) is 2.01. The molecular formula is C13H19N3O4. The summed E-state index contributed by atoms with van der Waals surface area (Å²) in [6.07, 6.45) is 0.921. The van der Waals surface area contributed by atoms with Gasteiger partial charge in [-0.3, -0.25) is 10.1 Å². The van der Waals surface area contributed by atoms with E-state index in [0.717, 1.165) is 19.5 Å². The van der Waals surface area contributed by atoms with Crippen molar-refractivity contribution >= 4 is 11.7 Å². The number of nitrogens with zero attached hydrogens (tertiary/aromatic N) is 2. The molecule has 0 heterocycles. The molecule has 7 nitrogen and oxygen atoms in total. The van der Waals surface area contributed by atoms with Gasteiger partial charge in [0, 0.05) is 12.6 Å². The van der Waals surface area contributed by atoms with Crippen LogP contribution in [0.5, 0.6) is 0 Å². The predicted molar refractivity (Wildman–Crippen MR) is 74.9 cm³/mol. The molecule has 0 radical (unpaired) electrons. The summed E-state index contributed by atoms with van der Waals surface area (Å²) in [5, 5.41) is 23.1. The molecule has 0 aliphatic rings. The number of hydrogen-bond acceptors (Lipinski definition) is 5. The van der Waals surface area contributed by atoms with Crippen LogP contribution in [0.4, 0.5) is 5.69 Å². The molecule has 1 aromatic carbocycles. The minimum Gasteiger partial charge on any atom is -0.477 e. The molecule has 0 saturated carbocycles. The second-order valence-corrected chi connectivity index (χ2v) is 4.57. The lowest BCUT2D eigenvalue weighted by molar-refractivity contribution is -0.385. The van der Waals surface area contributed by atoms with E-state index in [1.54, 1.807) is 6.07 Å². The third kappa shape index (κ3) is 4.29. The van der Waals surface area contributed by atoms with E-state index in [4.69, 9.17) is 0 Å². The highest BCUT2D eigenvalue weighted by Gasteiger charge is 2.23.